The van der Waals surface area contributed by atoms with E-state index in [1.807, 2.05) is 12.1 Å². The maximum atomic E-state index is 10.6. The zero-order valence-corrected chi connectivity index (χ0v) is 13.3. The lowest BCUT2D eigenvalue weighted by Crippen LogP contribution is -2.58. The average molecular weight is 290 g/mol. The highest BCUT2D eigenvalue weighted by molar-refractivity contribution is 6.93. The quantitative estimate of drug-likeness (QED) is 0.823. The average Bonchev–Trinajstić information content (AvgIpc) is 2.88. The lowest BCUT2D eigenvalue weighted by atomic mass is 9.62. The van der Waals surface area contributed by atoms with E-state index in [1.54, 1.807) is 6.26 Å². The summed E-state index contributed by atoms with van der Waals surface area (Å²) >= 11 is 0. The van der Waals surface area contributed by atoms with E-state index >= 15 is 0 Å². The molecule has 20 heavy (non-hydrogen) atoms. The zero-order valence-electron chi connectivity index (χ0n) is 12.3. The van der Waals surface area contributed by atoms with Crippen molar-refractivity contribution in [2.45, 2.75) is 50.6 Å². The molecule has 0 bridgehead atoms. The summed E-state index contributed by atoms with van der Waals surface area (Å²) in [6.45, 7) is 6.72. The molecule has 2 atom stereocenters. The van der Waals surface area contributed by atoms with Crippen LogP contribution in [-0.2, 0) is 0 Å². The SMILES string of the molecule is C[Si](C)(C)/C(=C1/C2=CCCC[C@@]2(O)[C@@H]1O)c1ccco1. The minimum atomic E-state index is -1.70. The molecule has 0 saturated heterocycles. The van der Waals surface area contributed by atoms with E-state index in [4.69, 9.17) is 4.42 Å². The van der Waals surface area contributed by atoms with E-state index in [-0.39, 0.29) is 0 Å². The summed E-state index contributed by atoms with van der Waals surface area (Å²) in [5, 5.41) is 22.3. The summed E-state index contributed by atoms with van der Waals surface area (Å²) in [5.41, 5.74) is 0.830. The second-order valence-electron chi connectivity index (χ2n) is 6.85. The van der Waals surface area contributed by atoms with Gasteiger partial charge < -0.3 is 14.6 Å². The molecule has 2 aliphatic rings. The molecule has 2 N–H and O–H groups in total. The Labute approximate surface area is 120 Å². The van der Waals surface area contributed by atoms with Crippen molar-refractivity contribution in [3.63, 3.8) is 0 Å². The van der Waals surface area contributed by atoms with E-state index in [0.29, 0.717) is 6.42 Å². The van der Waals surface area contributed by atoms with E-state index < -0.39 is 19.8 Å². The van der Waals surface area contributed by atoms with Gasteiger partial charge in [0.05, 0.1) is 14.3 Å². The number of hydrogen-bond donors (Lipinski definition) is 2. The van der Waals surface area contributed by atoms with Crippen molar-refractivity contribution in [3.05, 3.63) is 41.4 Å². The normalized spacial score (nSPS) is 32.2. The molecule has 0 radical (unpaired) electrons. The Balaban J connectivity index is 2.18. The highest BCUT2D eigenvalue weighted by atomic mass is 28.3. The number of aliphatic hydroxyl groups excluding tert-OH is 1. The molecule has 3 rings (SSSR count). The Hall–Kier alpha value is -1.10. The minimum Gasteiger partial charge on any atom is -0.465 e. The topological polar surface area (TPSA) is 53.6 Å². The summed E-state index contributed by atoms with van der Waals surface area (Å²) in [5.74, 6) is 0.840. The molecule has 1 saturated carbocycles. The number of furan rings is 1. The number of aliphatic hydroxyl groups is 2. The molecular weight excluding hydrogens is 268 g/mol. The lowest BCUT2D eigenvalue weighted by molar-refractivity contribution is -0.0693. The minimum absolute atomic E-state index is 0.653. The van der Waals surface area contributed by atoms with Gasteiger partial charge in [-0.05, 0) is 47.7 Å². The van der Waals surface area contributed by atoms with E-state index in [9.17, 15) is 10.2 Å². The van der Waals surface area contributed by atoms with Gasteiger partial charge in [0.2, 0.25) is 0 Å². The van der Waals surface area contributed by atoms with Crippen molar-refractivity contribution in [2.75, 3.05) is 0 Å². The van der Waals surface area contributed by atoms with Gasteiger partial charge in [0.25, 0.3) is 0 Å². The second-order valence-corrected chi connectivity index (χ2v) is 11.9. The Morgan fingerprint density at radius 2 is 2.15 bits per heavy atom. The summed E-state index contributed by atoms with van der Waals surface area (Å²) in [6, 6.07) is 3.83. The van der Waals surface area contributed by atoms with Crippen molar-refractivity contribution in [2.24, 2.45) is 0 Å². The number of allylic oxidation sites excluding steroid dienone is 1. The molecule has 1 aromatic heterocycles. The molecular formula is C16H22O3Si. The van der Waals surface area contributed by atoms with Crippen LogP contribution in [0, 0.1) is 0 Å². The molecule has 1 aromatic rings. The van der Waals surface area contributed by atoms with Crippen molar-refractivity contribution < 1.29 is 14.6 Å². The number of hydrogen-bond acceptors (Lipinski definition) is 3. The van der Waals surface area contributed by atoms with Gasteiger partial charge in [-0.15, -0.1) is 0 Å². The van der Waals surface area contributed by atoms with Crippen LogP contribution in [0.2, 0.25) is 19.6 Å². The Morgan fingerprint density at radius 1 is 1.40 bits per heavy atom. The molecule has 1 heterocycles. The highest BCUT2D eigenvalue weighted by Gasteiger charge is 2.55. The standard InChI is InChI=1S/C16H22O3Si/c1-20(2,3)14(12-8-6-10-19-12)13-11-7-4-5-9-16(11,18)15(13)17/h6-8,10,15,17-18H,4-5,9H2,1-3H3/b14-13-/t15-,16+/m1/s1. The molecule has 2 aliphatic carbocycles. The third kappa shape index (κ3) is 1.86. The Kier molecular flexibility index (Phi) is 3.08. The van der Waals surface area contributed by atoms with Crippen LogP contribution in [0.4, 0.5) is 0 Å². The summed E-state index contributed by atoms with van der Waals surface area (Å²) in [4.78, 5) is 0. The molecule has 4 heteroatoms. The monoisotopic (exact) mass is 290 g/mol. The summed E-state index contributed by atoms with van der Waals surface area (Å²) in [6.07, 6.45) is 5.55. The van der Waals surface area contributed by atoms with Gasteiger partial charge in [-0.1, -0.05) is 25.7 Å². The van der Waals surface area contributed by atoms with Crippen LogP contribution < -0.4 is 0 Å². The molecule has 3 nitrogen and oxygen atoms in total. The number of rotatable bonds is 2. The van der Waals surface area contributed by atoms with E-state index in [1.165, 1.54) is 0 Å². The van der Waals surface area contributed by atoms with Crippen molar-refractivity contribution >= 4 is 13.3 Å². The summed E-state index contributed by atoms with van der Waals surface area (Å²) < 4.78 is 5.60. The Bertz CT molecular complexity index is 577. The Morgan fingerprint density at radius 3 is 2.75 bits per heavy atom. The first-order valence-electron chi connectivity index (χ1n) is 7.25. The smallest absolute Gasteiger partial charge is 0.126 e. The van der Waals surface area contributed by atoms with Crippen LogP contribution in [0.5, 0.6) is 0 Å². The van der Waals surface area contributed by atoms with Crippen molar-refractivity contribution in [3.8, 4) is 0 Å². The van der Waals surface area contributed by atoms with Gasteiger partial charge in [0, 0.05) is 0 Å². The van der Waals surface area contributed by atoms with Gasteiger partial charge in [-0.3, -0.25) is 0 Å². The maximum absolute atomic E-state index is 10.6. The molecule has 0 unspecified atom stereocenters. The predicted octanol–water partition coefficient (Wildman–Crippen LogP) is 3.13. The molecule has 0 aromatic carbocycles. The number of fused-ring (bicyclic) bond motifs is 1. The predicted molar refractivity (Wildman–Crippen MR) is 81.9 cm³/mol. The summed E-state index contributed by atoms with van der Waals surface area (Å²) in [7, 11) is -1.70. The first-order chi connectivity index (χ1) is 9.36. The lowest BCUT2D eigenvalue weighted by Gasteiger charge is -2.51. The van der Waals surface area contributed by atoms with Crippen LogP contribution in [0.25, 0.3) is 5.20 Å². The van der Waals surface area contributed by atoms with Crippen LogP contribution >= 0.6 is 0 Å². The van der Waals surface area contributed by atoms with E-state index in [0.717, 1.165) is 34.9 Å². The second kappa shape index (κ2) is 4.45. The van der Waals surface area contributed by atoms with Crippen LogP contribution in [-0.4, -0.2) is 30.0 Å². The van der Waals surface area contributed by atoms with Crippen LogP contribution in [0.3, 0.4) is 0 Å². The molecule has 0 spiro atoms. The molecule has 0 amide bonds. The van der Waals surface area contributed by atoms with Crippen molar-refractivity contribution in [1.82, 2.24) is 0 Å². The van der Waals surface area contributed by atoms with Crippen LogP contribution in [0.15, 0.2) is 40.0 Å². The maximum Gasteiger partial charge on any atom is 0.126 e. The van der Waals surface area contributed by atoms with Gasteiger partial charge in [0.1, 0.15) is 17.5 Å². The van der Waals surface area contributed by atoms with E-state index in [2.05, 4.69) is 25.7 Å². The zero-order chi connectivity index (χ0) is 14.5. The van der Waals surface area contributed by atoms with Gasteiger partial charge in [-0.2, -0.15) is 0 Å². The fraction of sp³-hybridized carbons (Fsp3) is 0.500. The third-order valence-electron chi connectivity index (χ3n) is 4.38. The molecule has 1 fully saturated rings. The molecule has 108 valence electrons. The fourth-order valence-corrected chi connectivity index (χ4v) is 5.42. The highest BCUT2D eigenvalue weighted by Crippen LogP contribution is 2.53. The van der Waals surface area contributed by atoms with Gasteiger partial charge in [0.15, 0.2) is 0 Å². The van der Waals surface area contributed by atoms with Gasteiger partial charge in [-0.25, -0.2) is 0 Å². The largest absolute Gasteiger partial charge is 0.465 e. The fourth-order valence-electron chi connectivity index (χ4n) is 3.46. The molecule has 0 aliphatic heterocycles. The van der Waals surface area contributed by atoms with Crippen LogP contribution in [0.1, 0.15) is 25.0 Å². The van der Waals surface area contributed by atoms with Gasteiger partial charge >= 0.3 is 0 Å². The first-order valence-corrected chi connectivity index (χ1v) is 10.8. The third-order valence-corrected chi connectivity index (χ3v) is 6.40. The first kappa shape index (κ1) is 13.9. The van der Waals surface area contributed by atoms with Crippen molar-refractivity contribution in [1.29, 1.82) is 0 Å².